The van der Waals surface area contributed by atoms with Gasteiger partial charge in [-0.05, 0) is 30.3 Å². The summed E-state index contributed by atoms with van der Waals surface area (Å²) in [5.74, 6) is 1.64. The Morgan fingerprint density at radius 3 is 2.95 bits per heavy atom. The van der Waals surface area contributed by atoms with Gasteiger partial charge < -0.3 is 10.3 Å². The SMILES string of the molecule is CC(CN)CCc1nc(-c2nccc3ccccc23)no1. The minimum atomic E-state index is 0.455. The average Bonchev–Trinajstić information content (AvgIpc) is 3.00. The molecule has 0 amide bonds. The molecule has 5 heteroatoms. The molecule has 108 valence electrons. The molecule has 2 N–H and O–H groups in total. The molecule has 0 spiro atoms. The van der Waals surface area contributed by atoms with Crippen LogP contribution in [0.2, 0.25) is 0 Å². The summed E-state index contributed by atoms with van der Waals surface area (Å²) >= 11 is 0. The Balaban J connectivity index is 1.88. The second kappa shape index (κ2) is 6.01. The number of nitrogens with two attached hydrogens (primary N) is 1. The maximum Gasteiger partial charge on any atom is 0.227 e. The topological polar surface area (TPSA) is 77.8 Å². The molecule has 3 aromatic rings. The predicted molar refractivity (Wildman–Crippen MR) is 81.6 cm³/mol. The van der Waals surface area contributed by atoms with Gasteiger partial charge >= 0.3 is 0 Å². The highest BCUT2D eigenvalue weighted by atomic mass is 16.5. The Hall–Kier alpha value is -2.27. The lowest BCUT2D eigenvalue weighted by Crippen LogP contribution is -2.11. The molecule has 0 bridgehead atoms. The molecule has 1 unspecified atom stereocenters. The molecule has 1 atom stereocenters. The van der Waals surface area contributed by atoms with Crippen LogP contribution in [0.25, 0.3) is 22.3 Å². The third-order valence-electron chi connectivity index (χ3n) is 3.61. The van der Waals surface area contributed by atoms with Crippen LogP contribution in [0.4, 0.5) is 0 Å². The number of hydrogen-bond donors (Lipinski definition) is 1. The van der Waals surface area contributed by atoms with Crippen LogP contribution in [0.3, 0.4) is 0 Å². The number of aryl methyl sites for hydroxylation is 1. The van der Waals surface area contributed by atoms with Gasteiger partial charge in [0.2, 0.25) is 11.7 Å². The first-order chi connectivity index (χ1) is 10.3. The van der Waals surface area contributed by atoms with Crippen molar-refractivity contribution in [3.8, 4) is 11.5 Å². The fourth-order valence-electron chi connectivity index (χ4n) is 2.24. The van der Waals surface area contributed by atoms with Gasteiger partial charge in [0.1, 0.15) is 5.69 Å². The fourth-order valence-corrected chi connectivity index (χ4v) is 2.24. The maximum absolute atomic E-state index is 5.62. The molecule has 0 saturated heterocycles. The zero-order valence-electron chi connectivity index (χ0n) is 12.0. The number of rotatable bonds is 5. The Labute approximate surface area is 123 Å². The van der Waals surface area contributed by atoms with Crippen molar-refractivity contribution in [2.75, 3.05) is 6.54 Å². The summed E-state index contributed by atoms with van der Waals surface area (Å²) in [6.45, 7) is 2.79. The van der Waals surface area contributed by atoms with Crippen LogP contribution < -0.4 is 5.73 Å². The standard InChI is InChI=1S/C16H18N4O/c1-11(10-17)6-7-14-19-16(20-21-14)15-13-5-3-2-4-12(13)8-9-18-15/h2-5,8-9,11H,6-7,10,17H2,1H3. The highest BCUT2D eigenvalue weighted by Gasteiger charge is 2.13. The average molecular weight is 282 g/mol. The van der Waals surface area contributed by atoms with Crippen LogP contribution in [0.15, 0.2) is 41.1 Å². The van der Waals surface area contributed by atoms with Crippen molar-refractivity contribution in [1.82, 2.24) is 15.1 Å². The molecule has 0 radical (unpaired) electrons. The number of fused-ring (bicyclic) bond motifs is 1. The van der Waals surface area contributed by atoms with Crippen molar-refractivity contribution >= 4 is 10.8 Å². The molecule has 0 saturated carbocycles. The predicted octanol–water partition coefficient (Wildman–Crippen LogP) is 2.81. The van der Waals surface area contributed by atoms with Crippen LogP contribution in [0, 0.1) is 5.92 Å². The Morgan fingerprint density at radius 2 is 2.10 bits per heavy atom. The Bertz CT molecular complexity index is 732. The fraction of sp³-hybridized carbons (Fsp3) is 0.312. The summed E-state index contributed by atoms with van der Waals surface area (Å²) in [4.78, 5) is 8.85. The van der Waals surface area contributed by atoms with Crippen molar-refractivity contribution in [2.24, 2.45) is 11.7 Å². The molecule has 2 aromatic heterocycles. The highest BCUT2D eigenvalue weighted by molar-refractivity contribution is 5.92. The number of nitrogens with zero attached hydrogens (tertiary/aromatic N) is 3. The van der Waals surface area contributed by atoms with E-state index in [0.29, 0.717) is 24.2 Å². The molecule has 2 heterocycles. The van der Waals surface area contributed by atoms with Gasteiger partial charge in [-0.1, -0.05) is 36.3 Å². The van der Waals surface area contributed by atoms with E-state index in [1.807, 2.05) is 30.3 Å². The molecule has 0 aliphatic carbocycles. The van der Waals surface area contributed by atoms with Gasteiger partial charge in [-0.3, -0.25) is 4.98 Å². The lowest BCUT2D eigenvalue weighted by Gasteiger charge is -2.04. The van der Waals surface area contributed by atoms with Crippen molar-refractivity contribution in [3.05, 3.63) is 42.4 Å². The van der Waals surface area contributed by atoms with Gasteiger partial charge in [0.25, 0.3) is 0 Å². The summed E-state index contributed by atoms with van der Waals surface area (Å²) in [6.07, 6.45) is 3.46. The number of hydrogen-bond acceptors (Lipinski definition) is 5. The minimum absolute atomic E-state index is 0.455. The Kier molecular flexibility index (Phi) is 3.92. The van der Waals surface area contributed by atoms with E-state index < -0.39 is 0 Å². The van der Waals surface area contributed by atoms with E-state index in [2.05, 4.69) is 22.0 Å². The monoisotopic (exact) mass is 282 g/mol. The molecule has 0 aliphatic heterocycles. The van der Waals surface area contributed by atoms with Crippen molar-refractivity contribution in [1.29, 1.82) is 0 Å². The van der Waals surface area contributed by atoms with Crippen LogP contribution in [-0.4, -0.2) is 21.7 Å². The van der Waals surface area contributed by atoms with Crippen molar-refractivity contribution in [2.45, 2.75) is 19.8 Å². The third kappa shape index (κ3) is 2.92. The van der Waals surface area contributed by atoms with Gasteiger partial charge in [0, 0.05) is 18.0 Å². The normalized spacial score (nSPS) is 12.7. The molecular weight excluding hydrogens is 264 g/mol. The second-order valence-corrected chi connectivity index (χ2v) is 5.27. The first-order valence-corrected chi connectivity index (χ1v) is 7.14. The zero-order chi connectivity index (χ0) is 14.7. The number of aromatic nitrogens is 3. The van der Waals surface area contributed by atoms with E-state index in [-0.39, 0.29) is 0 Å². The minimum Gasteiger partial charge on any atom is -0.339 e. The van der Waals surface area contributed by atoms with Gasteiger partial charge in [-0.2, -0.15) is 4.98 Å². The largest absolute Gasteiger partial charge is 0.339 e. The van der Waals surface area contributed by atoms with E-state index in [9.17, 15) is 0 Å². The molecule has 1 aromatic carbocycles. The molecule has 0 aliphatic rings. The van der Waals surface area contributed by atoms with E-state index in [0.717, 1.165) is 29.3 Å². The molecule has 21 heavy (non-hydrogen) atoms. The Morgan fingerprint density at radius 1 is 1.24 bits per heavy atom. The van der Waals surface area contributed by atoms with Crippen LogP contribution in [0.5, 0.6) is 0 Å². The first kappa shape index (κ1) is 13.7. The molecule has 3 rings (SSSR count). The lowest BCUT2D eigenvalue weighted by atomic mass is 10.1. The van der Waals surface area contributed by atoms with Crippen LogP contribution >= 0.6 is 0 Å². The van der Waals surface area contributed by atoms with Crippen LogP contribution in [0.1, 0.15) is 19.2 Å². The molecular formula is C16H18N4O. The summed E-state index contributed by atoms with van der Waals surface area (Å²) < 4.78 is 5.32. The van der Waals surface area contributed by atoms with Crippen molar-refractivity contribution < 1.29 is 4.52 Å². The summed E-state index contributed by atoms with van der Waals surface area (Å²) in [7, 11) is 0. The molecule has 5 nitrogen and oxygen atoms in total. The van der Waals surface area contributed by atoms with E-state index in [1.165, 1.54) is 0 Å². The highest BCUT2D eigenvalue weighted by Crippen LogP contribution is 2.24. The quantitative estimate of drug-likeness (QED) is 0.778. The van der Waals surface area contributed by atoms with Gasteiger partial charge in [0.05, 0.1) is 0 Å². The van der Waals surface area contributed by atoms with E-state index in [1.54, 1.807) is 6.20 Å². The first-order valence-electron chi connectivity index (χ1n) is 7.14. The van der Waals surface area contributed by atoms with Crippen molar-refractivity contribution in [3.63, 3.8) is 0 Å². The molecule has 0 fully saturated rings. The summed E-state index contributed by atoms with van der Waals surface area (Å²) in [5, 5.41) is 6.21. The van der Waals surface area contributed by atoms with E-state index in [4.69, 9.17) is 10.3 Å². The third-order valence-corrected chi connectivity index (χ3v) is 3.61. The van der Waals surface area contributed by atoms with Gasteiger partial charge in [0.15, 0.2) is 0 Å². The van der Waals surface area contributed by atoms with Gasteiger partial charge in [-0.15, -0.1) is 0 Å². The maximum atomic E-state index is 5.62. The van der Waals surface area contributed by atoms with E-state index >= 15 is 0 Å². The van der Waals surface area contributed by atoms with Gasteiger partial charge in [-0.25, -0.2) is 0 Å². The second-order valence-electron chi connectivity index (χ2n) is 5.27. The number of benzene rings is 1. The van der Waals surface area contributed by atoms with Crippen LogP contribution in [-0.2, 0) is 6.42 Å². The zero-order valence-corrected chi connectivity index (χ0v) is 12.0. The smallest absolute Gasteiger partial charge is 0.227 e. The summed E-state index contributed by atoms with van der Waals surface area (Å²) in [6, 6.07) is 10.0. The number of pyridine rings is 1. The summed E-state index contributed by atoms with van der Waals surface area (Å²) in [5.41, 5.74) is 6.38. The lowest BCUT2D eigenvalue weighted by molar-refractivity contribution is 0.366.